The number of rotatable bonds is 6. The van der Waals surface area contributed by atoms with E-state index in [1.165, 1.54) is 6.07 Å². The van der Waals surface area contributed by atoms with Gasteiger partial charge in [-0.3, -0.25) is 0 Å². The molecule has 0 radical (unpaired) electrons. The first kappa shape index (κ1) is 14.3. The Hall–Kier alpha value is -1.13. The third-order valence-corrected chi connectivity index (χ3v) is 3.43. The number of ether oxygens (including phenoxy) is 2. The fourth-order valence-electron chi connectivity index (χ4n) is 2.28. The molecule has 0 saturated carbocycles. The number of hydrogen-bond donors (Lipinski definition) is 1. The highest BCUT2D eigenvalue weighted by Crippen LogP contribution is 2.22. The predicted molar refractivity (Wildman–Crippen MR) is 72.7 cm³/mol. The molecule has 3 nitrogen and oxygen atoms in total. The molecule has 1 unspecified atom stereocenters. The second kappa shape index (κ2) is 6.87. The van der Waals surface area contributed by atoms with E-state index in [-0.39, 0.29) is 11.9 Å². The van der Waals surface area contributed by atoms with Crippen molar-refractivity contribution in [3.8, 4) is 5.75 Å². The normalized spacial score (nSPS) is 20.5. The van der Waals surface area contributed by atoms with Crippen molar-refractivity contribution in [3.63, 3.8) is 0 Å². The van der Waals surface area contributed by atoms with Gasteiger partial charge in [-0.15, -0.1) is 0 Å². The molecule has 1 aromatic rings. The highest BCUT2D eigenvalue weighted by atomic mass is 19.1. The molecule has 1 heterocycles. The molecule has 19 heavy (non-hydrogen) atoms. The minimum Gasteiger partial charge on any atom is -0.491 e. The summed E-state index contributed by atoms with van der Waals surface area (Å²) in [4.78, 5) is 0. The molecule has 2 N–H and O–H groups in total. The molecule has 2 atom stereocenters. The van der Waals surface area contributed by atoms with Gasteiger partial charge in [0, 0.05) is 12.6 Å². The minimum atomic E-state index is -0.341. The SMILES string of the molecule is C[C@H](N)c1ccc(OCCCC2CCCO2)c(F)c1. The lowest BCUT2D eigenvalue weighted by atomic mass is 10.1. The zero-order valence-electron chi connectivity index (χ0n) is 11.4. The van der Waals surface area contributed by atoms with E-state index in [0.717, 1.165) is 37.9 Å². The summed E-state index contributed by atoms with van der Waals surface area (Å²) in [7, 11) is 0. The molecular formula is C15H22FNO2. The lowest BCUT2D eigenvalue weighted by molar-refractivity contribution is 0.0979. The first-order valence-corrected chi connectivity index (χ1v) is 6.96. The quantitative estimate of drug-likeness (QED) is 0.805. The summed E-state index contributed by atoms with van der Waals surface area (Å²) >= 11 is 0. The Morgan fingerprint density at radius 3 is 3.00 bits per heavy atom. The van der Waals surface area contributed by atoms with Gasteiger partial charge >= 0.3 is 0 Å². The van der Waals surface area contributed by atoms with Crippen molar-refractivity contribution in [2.75, 3.05) is 13.2 Å². The first-order chi connectivity index (χ1) is 9.16. The summed E-state index contributed by atoms with van der Waals surface area (Å²) in [5.41, 5.74) is 6.48. The van der Waals surface area contributed by atoms with E-state index in [4.69, 9.17) is 15.2 Å². The summed E-state index contributed by atoms with van der Waals surface area (Å²) in [6.07, 6.45) is 4.53. The van der Waals surface area contributed by atoms with Crippen LogP contribution in [0.3, 0.4) is 0 Å². The van der Waals surface area contributed by atoms with E-state index < -0.39 is 0 Å². The summed E-state index contributed by atoms with van der Waals surface area (Å²) < 4.78 is 24.7. The van der Waals surface area contributed by atoms with Crippen LogP contribution in [0.25, 0.3) is 0 Å². The van der Waals surface area contributed by atoms with Gasteiger partial charge in [0.25, 0.3) is 0 Å². The molecule has 1 aromatic carbocycles. The molecule has 1 fully saturated rings. The number of benzene rings is 1. The van der Waals surface area contributed by atoms with Crippen LogP contribution in [0.2, 0.25) is 0 Å². The summed E-state index contributed by atoms with van der Waals surface area (Å²) in [6.45, 7) is 3.23. The van der Waals surface area contributed by atoms with Gasteiger partial charge in [-0.2, -0.15) is 0 Å². The van der Waals surface area contributed by atoms with Crippen LogP contribution in [0.5, 0.6) is 5.75 Å². The number of hydrogen-bond acceptors (Lipinski definition) is 3. The van der Waals surface area contributed by atoms with Crippen molar-refractivity contribution in [2.45, 2.75) is 44.8 Å². The molecule has 1 saturated heterocycles. The molecule has 1 aliphatic rings. The zero-order valence-corrected chi connectivity index (χ0v) is 11.4. The third-order valence-electron chi connectivity index (χ3n) is 3.43. The van der Waals surface area contributed by atoms with Crippen LogP contribution >= 0.6 is 0 Å². The fourth-order valence-corrected chi connectivity index (χ4v) is 2.28. The Morgan fingerprint density at radius 1 is 1.53 bits per heavy atom. The highest BCUT2D eigenvalue weighted by Gasteiger charge is 2.15. The summed E-state index contributed by atoms with van der Waals surface area (Å²) in [6, 6.07) is 4.74. The Kier molecular flexibility index (Phi) is 5.16. The predicted octanol–water partition coefficient (Wildman–Crippen LogP) is 3.18. The van der Waals surface area contributed by atoms with Crippen molar-refractivity contribution >= 4 is 0 Å². The minimum absolute atomic E-state index is 0.164. The average Bonchev–Trinajstić information content (AvgIpc) is 2.89. The monoisotopic (exact) mass is 267 g/mol. The van der Waals surface area contributed by atoms with Crippen LogP contribution in [0.4, 0.5) is 4.39 Å². The van der Waals surface area contributed by atoms with Gasteiger partial charge < -0.3 is 15.2 Å². The van der Waals surface area contributed by atoms with E-state index in [0.29, 0.717) is 18.5 Å². The molecule has 0 spiro atoms. The van der Waals surface area contributed by atoms with Gasteiger partial charge in [0.1, 0.15) is 0 Å². The third kappa shape index (κ3) is 4.18. The molecule has 1 aliphatic heterocycles. The van der Waals surface area contributed by atoms with Crippen LogP contribution in [-0.2, 0) is 4.74 Å². The number of halogens is 1. The van der Waals surface area contributed by atoms with Crippen molar-refractivity contribution in [2.24, 2.45) is 5.73 Å². The second-order valence-corrected chi connectivity index (χ2v) is 5.10. The van der Waals surface area contributed by atoms with E-state index in [2.05, 4.69) is 0 Å². The Morgan fingerprint density at radius 2 is 2.37 bits per heavy atom. The van der Waals surface area contributed by atoms with Crippen LogP contribution < -0.4 is 10.5 Å². The highest BCUT2D eigenvalue weighted by molar-refractivity contribution is 5.30. The van der Waals surface area contributed by atoms with E-state index in [9.17, 15) is 4.39 Å². The van der Waals surface area contributed by atoms with Gasteiger partial charge in [0.15, 0.2) is 11.6 Å². The van der Waals surface area contributed by atoms with Crippen LogP contribution in [-0.4, -0.2) is 19.3 Å². The van der Waals surface area contributed by atoms with Crippen LogP contribution in [0, 0.1) is 5.82 Å². The van der Waals surface area contributed by atoms with Crippen LogP contribution in [0.1, 0.15) is 44.2 Å². The molecule has 2 rings (SSSR count). The smallest absolute Gasteiger partial charge is 0.165 e. The average molecular weight is 267 g/mol. The molecule has 0 aromatic heterocycles. The summed E-state index contributed by atoms with van der Waals surface area (Å²) in [5.74, 6) is -0.0383. The van der Waals surface area contributed by atoms with Gasteiger partial charge in [0.05, 0.1) is 12.7 Å². The van der Waals surface area contributed by atoms with Gasteiger partial charge in [-0.25, -0.2) is 4.39 Å². The van der Waals surface area contributed by atoms with Gasteiger partial charge in [-0.1, -0.05) is 6.07 Å². The largest absolute Gasteiger partial charge is 0.491 e. The lowest BCUT2D eigenvalue weighted by Crippen LogP contribution is -2.09. The molecule has 4 heteroatoms. The van der Waals surface area contributed by atoms with Crippen molar-refractivity contribution in [1.29, 1.82) is 0 Å². The Balaban J connectivity index is 1.76. The zero-order chi connectivity index (χ0) is 13.7. The molecular weight excluding hydrogens is 245 g/mol. The molecule has 106 valence electrons. The molecule has 0 aliphatic carbocycles. The summed E-state index contributed by atoms with van der Waals surface area (Å²) in [5, 5.41) is 0. The maximum Gasteiger partial charge on any atom is 0.165 e. The topological polar surface area (TPSA) is 44.5 Å². The van der Waals surface area contributed by atoms with Crippen molar-refractivity contribution in [1.82, 2.24) is 0 Å². The molecule has 0 bridgehead atoms. The maximum atomic E-state index is 13.7. The standard InChI is InChI=1S/C15H22FNO2/c1-11(17)12-6-7-15(14(16)10-12)19-9-3-5-13-4-2-8-18-13/h6-7,10-11,13H,2-5,8-9,17H2,1H3/t11-,13?/m0/s1. The van der Waals surface area contributed by atoms with Crippen molar-refractivity contribution < 1.29 is 13.9 Å². The Labute approximate surface area is 113 Å². The lowest BCUT2D eigenvalue weighted by Gasteiger charge is -2.12. The maximum absolute atomic E-state index is 13.7. The first-order valence-electron chi connectivity index (χ1n) is 6.96. The van der Waals surface area contributed by atoms with Crippen molar-refractivity contribution in [3.05, 3.63) is 29.6 Å². The van der Waals surface area contributed by atoms with E-state index in [1.54, 1.807) is 6.07 Å². The van der Waals surface area contributed by atoms with E-state index >= 15 is 0 Å². The van der Waals surface area contributed by atoms with E-state index in [1.807, 2.05) is 13.0 Å². The molecule has 0 amide bonds. The fraction of sp³-hybridized carbons (Fsp3) is 0.600. The van der Waals surface area contributed by atoms with Crippen LogP contribution in [0.15, 0.2) is 18.2 Å². The van der Waals surface area contributed by atoms with Gasteiger partial charge in [0.2, 0.25) is 0 Å². The number of nitrogens with two attached hydrogens (primary N) is 1. The van der Waals surface area contributed by atoms with Gasteiger partial charge in [-0.05, 0) is 50.3 Å². The second-order valence-electron chi connectivity index (χ2n) is 5.10. The Bertz CT molecular complexity index is 403.